The Morgan fingerprint density at radius 1 is 1.38 bits per heavy atom. The Labute approximate surface area is 97.1 Å². The fourth-order valence-electron chi connectivity index (χ4n) is 1.29. The van der Waals surface area contributed by atoms with Crippen LogP contribution in [-0.2, 0) is 15.6 Å². The van der Waals surface area contributed by atoms with Crippen molar-refractivity contribution in [1.29, 1.82) is 0 Å². The van der Waals surface area contributed by atoms with Crippen molar-refractivity contribution in [3.05, 3.63) is 35.7 Å². The lowest BCUT2D eigenvalue weighted by Gasteiger charge is -1.99. The standard InChI is InChI=1S/C12H17NO2S/c1-3-4-5-6-12-8-7-11(9-13-12)10-16(2,14)15/h5-9H,3-4,10H2,1-2H3/b6-5+. The summed E-state index contributed by atoms with van der Waals surface area (Å²) in [5.74, 6) is 0.0545. The van der Waals surface area contributed by atoms with Gasteiger partial charge in [-0.15, -0.1) is 0 Å². The summed E-state index contributed by atoms with van der Waals surface area (Å²) in [7, 11) is -2.97. The fourth-order valence-corrected chi connectivity index (χ4v) is 2.07. The SMILES string of the molecule is CCC/C=C/c1ccc(CS(C)(=O)=O)cn1. The third-order valence-corrected chi connectivity index (χ3v) is 2.88. The van der Waals surface area contributed by atoms with Crippen LogP contribution in [0.3, 0.4) is 0 Å². The van der Waals surface area contributed by atoms with Crippen LogP contribution in [0, 0.1) is 0 Å². The van der Waals surface area contributed by atoms with E-state index in [-0.39, 0.29) is 5.75 Å². The topological polar surface area (TPSA) is 47.0 Å². The molecular formula is C12H17NO2S. The molecule has 0 unspecified atom stereocenters. The average Bonchev–Trinajstić information content (AvgIpc) is 2.19. The zero-order chi connectivity index (χ0) is 12.0. The van der Waals surface area contributed by atoms with Crippen LogP contribution in [0.5, 0.6) is 0 Å². The van der Waals surface area contributed by atoms with Gasteiger partial charge in [0.2, 0.25) is 0 Å². The molecule has 0 fully saturated rings. The molecule has 3 nitrogen and oxygen atoms in total. The summed E-state index contributed by atoms with van der Waals surface area (Å²) in [6.45, 7) is 2.12. The van der Waals surface area contributed by atoms with E-state index in [0.717, 1.165) is 24.1 Å². The van der Waals surface area contributed by atoms with E-state index in [4.69, 9.17) is 0 Å². The smallest absolute Gasteiger partial charge is 0.151 e. The Morgan fingerprint density at radius 3 is 2.62 bits per heavy atom. The lowest BCUT2D eigenvalue weighted by Crippen LogP contribution is -2.01. The number of nitrogens with zero attached hydrogens (tertiary/aromatic N) is 1. The van der Waals surface area contributed by atoms with Crippen LogP contribution in [0.1, 0.15) is 31.0 Å². The molecule has 0 saturated heterocycles. The molecule has 0 bridgehead atoms. The number of hydrogen-bond donors (Lipinski definition) is 0. The average molecular weight is 239 g/mol. The van der Waals surface area contributed by atoms with Gasteiger partial charge < -0.3 is 0 Å². The maximum Gasteiger partial charge on any atom is 0.151 e. The molecule has 16 heavy (non-hydrogen) atoms. The molecular weight excluding hydrogens is 222 g/mol. The quantitative estimate of drug-likeness (QED) is 0.793. The van der Waals surface area contributed by atoms with Crippen molar-refractivity contribution in [3.63, 3.8) is 0 Å². The molecule has 1 rings (SSSR count). The van der Waals surface area contributed by atoms with Gasteiger partial charge in [-0.3, -0.25) is 4.98 Å². The maximum absolute atomic E-state index is 11.1. The summed E-state index contributed by atoms with van der Waals surface area (Å²) < 4.78 is 22.1. The summed E-state index contributed by atoms with van der Waals surface area (Å²) in [6.07, 6.45) is 9.01. The second-order valence-corrected chi connectivity index (χ2v) is 5.99. The van der Waals surface area contributed by atoms with Gasteiger partial charge in [-0.05, 0) is 24.1 Å². The van der Waals surface area contributed by atoms with E-state index in [1.54, 1.807) is 12.3 Å². The van der Waals surface area contributed by atoms with Gasteiger partial charge in [0, 0.05) is 12.5 Å². The van der Waals surface area contributed by atoms with E-state index >= 15 is 0 Å². The number of allylic oxidation sites excluding steroid dienone is 1. The molecule has 0 saturated carbocycles. The van der Waals surface area contributed by atoms with Crippen molar-refractivity contribution in [2.75, 3.05) is 6.26 Å². The molecule has 0 amide bonds. The van der Waals surface area contributed by atoms with E-state index < -0.39 is 9.84 Å². The largest absolute Gasteiger partial charge is 0.257 e. The van der Waals surface area contributed by atoms with Gasteiger partial charge in [-0.2, -0.15) is 0 Å². The minimum atomic E-state index is -2.97. The van der Waals surface area contributed by atoms with E-state index in [9.17, 15) is 8.42 Å². The van der Waals surface area contributed by atoms with E-state index in [0.29, 0.717) is 0 Å². The number of unbranched alkanes of at least 4 members (excludes halogenated alkanes) is 1. The minimum absolute atomic E-state index is 0.0545. The molecule has 0 aliphatic rings. The Kier molecular flexibility index (Phi) is 4.68. The van der Waals surface area contributed by atoms with Gasteiger partial charge in [-0.25, -0.2) is 8.42 Å². The van der Waals surface area contributed by atoms with Crippen LogP contribution in [0.15, 0.2) is 24.4 Å². The Balaban J connectivity index is 2.68. The molecule has 88 valence electrons. The highest BCUT2D eigenvalue weighted by Gasteiger charge is 2.03. The van der Waals surface area contributed by atoms with Crippen molar-refractivity contribution >= 4 is 15.9 Å². The van der Waals surface area contributed by atoms with Gasteiger partial charge in [-0.1, -0.05) is 25.5 Å². The zero-order valence-electron chi connectivity index (χ0n) is 9.68. The van der Waals surface area contributed by atoms with Gasteiger partial charge in [0.05, 0.1) is 11.4 Å². The lowest BCUT2D eigenvalue weighted by molar-refractivity contribution is 0.601. The van der Waals surface area contributed by atoms with E-state index in [2.05, 4.69) is 18.0 Å². The third kappa shape index (κ3) is 5.07. The molecule has 0 aromatic carbocycles. The number of rotatable bonds is 5. The second kappa shape index (κ2) is 5.80. The summed E-state index contributed by atoms with van der Waals surface area (Å²) >= 11 is 0. The molecule has 1 aromatic rings. The molecule has 0 atom stereocenters. The molecule has 1 heterocycles. The summed E-state index contributed by atoms with van der Waals surface area (Å²) in [5, 5.41) is 0. The third-order valence-electron chi connectivity index (χ3n) is 2.02. The highest BCUT2D eigenvalue weighted by Crippen LogP contribution is 2.06. The van der Waals surface area contributed by atoms with Crippen LogP contribution in [0.4, 0.5) is 0 Å². The van der Waals surface area contributed by atoms with Crippen molar-refractivity contribution in [1.82, 2.24) is 4.98 Å². The minimum Gasteiger partial charge on any atom is -0.257 e. The summed E-state index contributed by atoms with van der Waals surface area (Å²) in [5.41, 5.74) is 1.60. The second-order valence-electron chi connectivity index (χ2n) is 3.85. The van der Waals surface area contributed by atoms with Crippen LogP contribution < -0.4 is 0 Å². The monoisotopic (exact) mass is 239 g/mol. The number of hydrogen-bond acceptors (Lipinski definition) is 3. The summed E-state index contributed by atoms with van der Waals surface area (Å²) in [6, 6.07) is 3.65. The maximum atomic E-state index is 11.1. The van der Waals surface area contributed by atoms with Crippen molar-refractivity contribution in [2.45, 2.75) is 25.5 Å². The first-order valence-corrected chi connectivity index (χ1v) is 7.36. The Bertz CT molecular complexity index is 446. The fraction of sp³-hybridized carbons (Fsp3) is 0.417. The van der Waals surface area contributed by atoms with E-state index in [1.165, 1.54) is 6.26 Å². The van der Waals surface area contributed by atoms with Crippen molar-refractivity contribution in [3.8, 4) is 0 Å². The molecule has 1 aromatic heterocycles. The highest BCUT2D eigenvalue weighted by molar-refractivity contribution is 7.89. The number of pyridine rings is 1. The predicted molar refractivity (Wildman–Crippen MR) is 66.7 cm³/mol. The van der Waals surface area contributed by atoms with Gasteiger partial charge in [0.15, 0.2) is 9.84 Å². The van der Waals surface area contributed by atoms with Crippen LogP contribution >= 0.6 is 0 Å². The normalized spacial score (nSPS) is 12.1. The van der Waals surface area contributed by atoms with Gasteiger partial charge in [0.1, 0.15) is 0 Å². The van der Waals surface area contributed by atoms with Gasteiger partial charge >= 0.3 is 0 Å². The molecule has 0 spiro atoms. The lowest BCUT2D eigenvalue weighted by atomic mass is 10.2. The molecule has 4 heteroatoms. The Morgan fingerprint density at radius 2 is 2.12 bits per heavy atom. The molecule has 0 aliphatic carbocycles. The zero-order valence-corrected chi connectivity index (χ0v) is 10.5. The number of sulfone groups is 1. The van der Waals surface area contributed by atoms with E-state index in [1.807, 2.05) is 12.1 Å². The first kappa shape index (κ1) is 12.9. The van der Waals surface area contributed by atoms with Crippen LogP contribution in [0.2, 0.25) is 0 Å². The number of aromatic nitrogens is 1. The van der Waals surface area contributed by atoms with Crippen LogP contribution in [0.25, 0.3) is 6.08 Å². The highest BCUT2D eigenvalue weighted by atomic mass is 32.2. The van der Waals surface area contributed by atoms with Gasteiger partial charge in [0.25, 0.3) is 0 Å². The summed E-state index contributed by atoms with van der Waals surface area (Å²) in [4.78, 5) is 4.18. The van der Waals surface area contributed by atoms with Crippen molar-refractivity contribution < 1.29 is 8.42 Å². The molecule has 0 radical (unpaired) electrons. The predicted octanol–water partition coefficient (Wildman–Crippen LogP) is 2.44. The first-order valence-electron chi connectivity index (χ1n) is 5.30. The molecule has 0 aliphatic heterocycles. The first-order chi connectivity index (χ1) is 7.51. The van der Waals surface area contributed by atoms with Crippen molar-refractivity contribution in [2.24, 2.45) is 0 Å². The van der Waals surface area contributed by atoms with Crippen LogP contribution in [-0.4, -0.2) is 19.7 Å². The molecule has 0 N–H and O–H groups in total. The Hall–Kier alpha value is -1.16.